The summed E-state index contributed by atoms with van der Waals surface area (Å²) in [5, 5.41) is 11.1. The van der Waals surface area contributed by atoms with Gasteiger partial charge in [-0.1, -0.05) is 65.1 Å². The molecule has 1 nitrogen and oxygen atoms in total. The number of aromatic hydroxyl groups is 1. The minimum Gasteiger partial charge on any atom is -0.507 e. The van der Waals surface area contributed by atoms with Crippen LogP contribution in [0, 0.1) is 0 Å². The predicted molar refractivity (Wildman–Crippen MR) is 64.8 cm³/mol. The summed E-state index contributed by atoms with van der Waals surface area (Å²) in [5.74, 6) is 0.184. The molecule has 0 amide bonds. The van der Waals surface area contributed by atoms with E-state index >= 15 is 0 Å². The minimum absolute atomic E-state index is 0.184. The molecule has 0 saturated carbocycles. The Balaban J connectivity index is 2.83. The summed E-state index contributed by atoms with van der Waals surface area (Å²) in [6.07, 6.45) is 0. The zero-order valence-electron chi connectivity index (χ0n) is 7.55. The first-order valence-electron chi connectivity index (χ1n) is 4.28. The van der Waals surface area contributed by atoms with E-state index < -0.39 is 3.79 Å². The zero-order chi connectivity index (χ0) is 11.1. The number of fused-ring (bicyclic) bond motifs is 1. The molecule has 2 aromatic carbocycles. The molecule has 2 aromatic rings. The molecule has 0 radical (unpaired) electrons. The number of rotatable bonds is 0. The van der Waals surface area contributed by atoms with Crippen molar-refractivity contribution in [3.05, 3.63) is 42.0 Å². The molecule has 0 unspecified atom stereocenters. The van der Waals surface area contributed by atoms with Gasteiger partial charge in [0, 0.05) is 10.9 Å². The monoisotopic (exact) mass is 260 g/mol. The van der Waals surface area contributed by atoms with Crippen LogP contribution in [0.3, 0.4) is 0 Å². The fourth-order valence-corrected chi connectivity index (χ4v) is 2.03. The van der Waals surface area contributed by atoms with Gasteiger partial charge in [-0.05, 0) is 11.5 Å². The summed E-state index contributed by atoms with van der Waals surface area (Å²) >= 11 is 17.5. The molecule has 15 heavy (non-hydrogen) atoms. The number of hydrogen-bond donors (Lipinski definition) is 1. The highest BCUT2D eigenvalue weighted by Crippen LogP contribution is 2.42. The van der Waals surface area contributed by atoms with E-state index in [4.69, 9.17) is 34.8 Å². The Morgan fingerprint density at radius 2 is 1.47 bits per heavy atom. The van der Waals surface area contributed by atoms with Gasteiger partial charge in [0.15, 0.2) is 0 Å². The molecule has 0 heterocycles. The van der Waals surface area contributed by atoms with Gasteiger partial charge in [-0.3, -0.25) is 0 Å². The molecule has 0 saturated heterocycles. The maximum Gasteiger partial charge on any atom is 0.216 e. The summed E-state index contributed by atoms with van der Waals surface area (Å²) in [6.45, 7) is 0. The van der Waals surface area contributed by atoms with Crippen LogP contribution in [0.25, 0.3) is 10.8 Å². The van der Waals surface area contributed by atoms with Crippen molar-refractivity contribution in [1.82, 2.24) is 0 Å². The standard InChI is InChI=1S/C11H7Cl3O/c12-11(13,14)9-5-1-4-8-7(9)3-2-6-10(8)15/h1-6,15H. The molecule has 0 fully saturated rings. The van der Waals surface area contributed by atoms with Gasteiger partial charge in [0.05, 0.1) is 0 Å². The average Bonchev–Trinajstić information content (AvgIpc) is 2.16. The number of phenolic OH excluding ortho intramolecular Hbond substituents is 1. The lowest BCUT2D eigenvalue weighted by atomic mass is 10.0. The van der Waals surface area contributed by atoms with Gasteiger partial charge in [-0.2, -0.15) is 0 Å². The van der Waals surface area contributed by atoms with Gasteiger partial charge < -0.3 is 5.11 Å². The highest BCUT2D eigenvalue weighted by molar-refractivity contribution is 6.67. The molecule has 0 aliphatic rings. The quantitative estimate of drug-likeness (QED) is 0.698. The largest absolute Gasteiger partial charge is 0.507 e. The van der Waals surface area contributed by atoms with Crippen LogP contribution in [-0.2, 0) is 3.79 Å². The number of benzene rings is 2. The van der Waals surface area contributed by atoms with E-state index in [1.165, 1.54) is 0 Å². The van der Waals surface area contributed by atoms with Gasteiger partial charge in [0.1, 0.15) is 5.75 Å². The van der Waals surface area contributed by atoms with E-state index in [2.05, 4.69) is 0 Å². The molecule has 1 N–H and O–H groups in total. The minimum atomic E-state index is -1.48. The highest BCUT2D eigenvalue weighted by Gasteiger charge is 2.25. The van der Waals surface area contributed by atoms with Crippen LogP contribution in [0.1, 0.15) is 5.56 Å². The van der Waals surface area contributed by atoms with E-state index in [9.17, 15) is 5.11 Å². The summed E-state index contributed by atoms with van der Waals surface area (Å²) in [4.78, 5) is 0. The Bertz CT molecular complexity index is 503. The van der Waals surface area contributed by atoms with Crippen molar-refractivity contribution in [3.8, 4) is 5.75 Å². The molecule has 78 valence electrons. The fraction of sp³-hybridized carbons (Fsp3) is 0.0909. The van der Waals surface area contributed by atoms with Crippen LogP contribution in [0.15, 0.2) is 36.4 Å². The van der Waals surface area contributed by atoms with Gasteiger partial charge in [-0.25, -0.2) is 0 Å². The lowest BCUT2D eigenvalue weighted by Gasteiger charge is -2.14. The number of alkyl halides is 3. The van der Waals surface area contributed by atoms with Crippen molar-refractivity contribution in [2.45, 2.75) is 3.79 Å². The van der Waals surface area contributed by atoms with Crippen LogP contribution >= 0.6 is 34.8 Å². The van der Waals surface area contributed by atoms with Crippen molar-refractivity contribution in [2.24, 2.45) is 0 Å². The Kier molecular flexibility index (Phi) is 2.72. The van der Waals surface area contributed by atoms with Crippen LogP contribution in [0.5, 0.6) is 5.75 Å². The summed E-state index contributed by atoms with van der Waals surface area (Å²) in [5.41, 5.74) is 0.570. The molecular formula is C11H7Cl3O. The molecule has 0 atom stereocenters. The second-order valence-electron chi connectivity index (χ2n) is 3.18. The van der Waals surface area contributed by atoms with Crippen molar-refractivity contribution in [1.29, 1.82) is 0 Å². The van der Waals surface area contributed by atoms with Gasteiger partial charge in [0.25, 0.3) is 0 Å². The van der Waals surface area contributed by atoms with Gasteiger partial charge >= 0.3 is 0 Å². The van der Waals surface area contributed by atoms with E-state index in [1.54, 1.807) is 30.3 Å². The topological polar surface area (TPSA) is 20.2 Å². The normalized spacial score (nSPS) is 11.9. The molecule has 0 aliphatic heterocycles. The SMILES string of the molecule is Oc1cccc2c(C(Cl)(Cl)Cl)cccc12. The van der Waals surface area contributed by atoms with Gasteiger partial charge in [0.2, 0.25) is 3.79 Å². The Morgan fingerprint density at radius 1 is 0.867 bits per heavy atom. The lowest BCUT2D eigenvalue weighted by Crippen LogP contribution is -2.00. The van der Waals surface area contributed by atoms with E-state index in [-0.39, 0.29) is 5.75 Å². The third-order valence-corrected chi connectivity index (χ3v) is 2.82. The fourth-order valence-electron chi connectivity index (χ4n) is 1.54. The molecule has 0 spiro atoms. The smallest absolute Gasteiger partial charge is 0.216 e. The average molecular weight is 262 g/mol. The van der Waals surface area contributed by atoms with Crippen molar-refractivity contribution in [2.75, 3.05) is 0 Å². The van der Waals surface area contributed by atoms with E-state index in [1.807, 2.05) is 6.07 Å². The second-order valence-corrected chi connectivity index (χ2v) is 5.46. The van der Waals surface area contributed by atoms with Gasteiger partial charge in [-0.15, -0.1) is 0 Å². The summed E-state index contributed by atoms with van der Waals surface area (Å²) in [6, 6.07) is 10.4. The molecule has 0 aliphatic carbocycles. The van der Waals surface area contributed by atoms with Crippen LogP contribution in [0.4, 0.5) is 0 Å². The van der Waals surface area contributed by atoms with E-state index in [0.29, 0.717) is 10.9 Å². The molecule has 0 aromatic heterocycles. The Hall–Kier alpha value is -0.630. The maximum atomic E-state index is 9.63. The first kappa shape index (κ1) is 10.9. The Labute approximate surface area is 102 Å². The lowest BCUT2D eigenvalue weighted by molar-refractivity contribution is 0.481. The van der Waals surface area contributed by atoms with E-state index in [0.717, 1.165) is 5.39 Å². The molecule has 0 bridgehead atoms. The third-order valence-electron chi connectivity index (χ3n) is 2.20. The van der Waals surface area contributed by atoms with Crippen molar-refractivity contribution < 1.29 is 5.11 Å². The highest BCUT2D eigenvalue weighted by atomic mass is 35.6. The first-order chi connectivity index (χ1) is 7.00. The summed E-state index contributed by atoms with van der Waals surface area (Å²) in [7, 11) is 0. The second kappa shape index (κ2) is 3.75. The van der Waals surface area contributed by atoms with Crippen molar-refractivity contribution in [3.63, 3.8) is 0 Å². The summed E-state index contributed by atoms with van der Waals surface area (Å²) < 4.78 is -1.48. The number of halogens is 3. The first-order valence-corrected chi connectivity index (χ1v) is 5.41. The maximum absolute atomic E-state index is 9.63. The van der Waals surface area contributed by atoms with Crippen molar-refractivity contribution >= 4 is 45.6 Å². The van der Waals surface area contributed by atoms with Crippen LogP contribution < -0.4 is 0 Å². The van der Waals surface area contributed by atoms with Crippen LogP contribution in [0.2, 0.25) is 0 Å². The Morgan fingerprint density at radius 3 is 2.13 bits per heavy atom. The van der Waals surface area contributed by atoms with Crippen LogP contribution in [-0.4, -0.2) is 5.11 Å². The predicted octanol–water partition coefficient (Wildman–Crippen LogP) is 4.37. The third kappa shape index (κ3) is 2.00. The number of phenols is 1. The number of hydrogen-bond acceptors (Lipinski definition) is 1. The zero-order valence-corrected chi connectivity index (χ0v) is 9.81. The molecule has 4 heteroatoms. The molecule has 2 rings (SSSR count). The molecular weight excluding hydrogens is 254 g/mol.